The minimum Gasteiger partial charge on any atom is -0.493 e. The number of nitrogens with zero attached hydrogens (tertiary/aromatic N) is 5. The molecular formula is C37H45Cl2N5O6S2. The smallest absolute Gasteiger partial charge is 0.326 e. The molecule has 15 heteroatoms. The monoisotopic (exact) mass is 789 g/mol. The fraction of sp³-hybridized carbons (Fsp3) is 0.459. The Labute approximate surface area is 317 Å². The van der Waals surface area contributed by atoms with E-state index in [1.165, 1.54) is 10.6 Å². The van der Waals surface area contributed by atoms with Crippen LogP contribution in [0.25, 0.3) is 0 Å². The van der Waals surface area contributed by atoms with E-state index in [1.54, 1.807) is 52.3 Å². The molecule has 2 amide bonds. The number of piperazine rings is 1. The third kappa shape index (κ3) is 8.77. The summed E-state index contributed by atoms with van der Waals surface area (Å²) < 4.78 is 59.0. The molecule has 0 radical (unpaired) electrons. The van der Waals surface area contributed by atoms with Crippen LogP contribution in [0.2, 0.25) is 10.0 Å². The summed E-state index contributed by atoms with van der Waals surface area (Å²) in [5, 5.41) is 1.11. The van der Waals surface area contributed by atoms with Gasteiger partial charge in [0.15, 0.2) is 0 Å². The molecule has 0 aliphatic carbocycles. The van der Waals surface area contributed by atoms with E-state index in [1.807, 2.05) is 31.2 Å². The third-order valence-corrected chi connectivity index (χ3v) is 13.2. The quantitative estimate of drug-likeness (QED) is 0.224. The summed E-state index contributed by atoms with van der Waals surface area (Å²) in [7, 11) is -6.89. The van der Waals surface area contributed by atoms with E-state index in [0.29, 0.717) is 86.0 Å². The molecule has 0 bridgehead atoms. The molecule has 3 aromatic carbocycles. The van der Waals surface area contributed by atoms with E-state index in [4.69, 9.17) is 32.9 Å². The van der Waals surface area contributed by atoms with Gasteiger partial charge in [-0.25, -0.2) is 21.6 Å². The van der Waals surface area contributed by atoms with Gasteiger partial charge in [0, 0.05) is 55.6 Å². The van der Waals surface area contributed by atoms with Gasteiger partial charge in [0.05, 0.1) is 28.9 Å². The van der Waals surface area contributed by atoms with Crippen LogP contribution < -0.4 is 4.74 Å². The van der Waals surface area contributed by atoms with Crippen molar-refractivity contribution < 1.29 is 26.4 Å². The van der Waals surface area contributed by atoms with Crippen LogP contribution in [-0.2, 0) is 19.9 Å². The predicted octanol–water partition coefficient (Wildman–Crippen LogP) is 6.28. The van der Waals surface area contributed by atoms with Gasteiger partial charge in [0.1, 0.15) is 27.5 Å². The Kier molecular flexibility index (Phi) is 12.2. The number of rotatable bonds is 11. The van der Waals surface area contributed by atoms with Crippen molar-refractivity contribution in [3.8, 4) is 5.75 Å². The molecule has 3 aromatic rings. The van der Waals surface area contributed by atoms with Crippen molar-refractivity contribution in [2.24, 2.45) is 4.99 Å². The van der Waals surface area contributed by atoms with Crippen LogP contribution >= 0.6 is 23.2 Å². The molecule has 3 heterocycles. The number of hydrogen-bond donors (Lipinski definition) is 0. The molecule has 280 valence electrons. The number of urea groups is 1. The Morgan fingerprint density at radius 1 is 0.827 bits per heavy atom. The van der Waals surface area contributed by atoms with Crippen molar-refractivity contribution in [1.29, 1.82) is 0 Å². The second-order valence-electron chi connectivity index (χ2n) is 13.5. The average molecular weight is 791 g/mol. The fourth-order valence-corrected chi connectivity index (χ4v) is 9.55. The first-order chi connectivity index (χ1) is 24.9. The number of sulfonamides is 1. The van der Waals surface area contributed by atoms with Crippen molar-refractivity contribution in [2.45, 2.75) is 49.6 Å². The molecule has 0 unspecified atom stereocenters. The van der Waals surface area contributed by atoms with E-state index in [9.17, 15) is 21.6 Å². The van der Waals surface area contributed by atoms with Crippen LogP contribution in [0.3, 0.4) is 0 Å². The molecule has 6 rings (SSSR count). The molecule has 3 aliphatic rings. The van der Waals surface area contributed by atoms with Gasteiger partial charge < -0.3 is 9.64 Å². The van der Waals surface area contributed by atoms with Crippen LogP contribution in [0.5, 0.6) is 5.75 Å². The Morgan fingerprint density at radius 3 is 2.04 bits per heavy atom. The third-order valence-electron chi connectivity index (χ3n) is 9.77. The fourth-order valence-electron chi connectivity index (χ4n) is 7.10. The van der Waals surface area contributed by atoms with Crippen LogP contribution in [-0.4, -0.2) is 112 Å². The number of aliphatic imine (C=N–C) groups is 1. The highest BCUT2D eigenvalue weighted by molar-refractivity contribution is 7.90. The summed E-state index contributed by atoms with van der Waals surface area (Å²) in [6.07, 6.45) is 4.35. The van der Waals surface area contributed by atoms with Gasteiger partial charge in [-0.3, -0.25) is 14.8 Å². The molecule has 0 aromatic heterocycles. The summed E-state index contributed by atoms with van der Waals surface area (Å²) in [6.45, 7) is 5.68. The van der Waals surface area contributed by atoms with E-state index in [2.05, 4.69) is 4.90 Å². The molecule has 0 saturated carbocycles. The first kappa shape index (κ1) is 38.5. The lowest BCUT2D eigenvalue weighted by Gasteiger charge is -2.39. The second-order valence-corrected chi connectivity index (χ2v) is 18.5. The second kappa shape index (κ2) is 16.4. The summed E-state index contributed by atoms with van der Waals surface area (Å²) in [6, 6.07) is 18.0. The van der Waals surface area contributed by atoms with E-state index in [0.717, 1.165) is 30.4 Å². The first-order valence-electron chi connectivity index (χ1n) is 17.7. The van der Waals surface area contributed by atoms with Crippen molar-refractivity contribution in [1.82, 2.24) is 19.0 Å². The van der Waals surface area contributed by atoms with Gasteiger partial charge in [-0.1, -0.05) is 53.9 Å². The summed E-state index contributed by atoms with van der Waals surface area (Å²) >= 11 is 12.6. The largest absolute Gasteiger partial charge is 0.493 e. The molecule has 11 nitrogen and oxygen atoms in total. The highest BCUT2D eigenvalue weighted by Gasteiger charge is 2.45. The van der Waals surface area contributed by atoms with Gasteiger partial charge in [-0.2, -0.15) is 4.31 Å². The van der Waals surface area contributed by atoms with Crippen molar-refractivity contribution in [3.05, 3.63) is 93.5 Å². The molecule has 0 spiro atoms. The number of amidine groups is 1. The molecule has 2 fully saturated rings. The Hall–Kier alpha value is -3.20. The van der Waals surface area contributed by atoms with Gasteiger partial charge in [-0.05, 0) is 86.3 Å². The Morgan fingerprint density at radius 2 is 1.44 bits per heavy atom. The van der Waals surface area contributed by atoms with Crippen LogP contribution in [0.1, 0.15) is 61.4 Å². The molecule has 2 saturated heterocycles. The lowest BCUT2D eigenvalue weighted by molar-refractivity contribution is 0.119. The van der Waals surface area contributed by atoms with Gasteiger partial charge in [-0.15, -0.1) is 0 Å². The van der Waals surface area contributed by atoms with E-state index < -0.39 is 31.9 Å². The maximum atomic E-state index is 15.0. The number of amides is 2. The standard InChI is InChI=1S/C37H45Cl2N5O6S2/c1-3-50-33-17-16-31(52(48,49)43-19-5-4-6-20-43)26-32(33)36-40-34(27-8-12-29(38)13-9-27)35(28-10-14-30(39)15-11-28)44(36)37(45)42-23-21-41(22-24-42)18-7-25-51(2,46)47/h8-17,26,34-35H,3-7,18-25H2,1-2H3/t34-,35+/m0/s1. The molecule has 2 atom stereocenters. The van der Waals surface area contributed by atoms with Gasteiger partial charge >= 0.3 is 6.03 Å². The van der Waals surface area contributed by atoms with E-state index >= 15 is 0 Å². The van der Waals surface area contributed by atoms with Gasteiger partial charge in [0.25, 0.3) is 0 Å². The first-order valence-corrected chi connectivity index (χ1v) is 22.0. The number of piperidine rings is 1. The van der Waals surface area contributed by atoms with Crippen molar-refractivity contribution in [3.63, 3.8) is 0 Å². The zero-order valence-corrected chi connectivity index (χ0v) is 32.6. The topological polar surface area (TPSA) is 120 Å². The lowest BCUT2D eigenvalue weighted by atomic mass is 9.93. The molecule has 3 aliphatic heterocycles. The average Bonchev–Trinajstić information content (AvgIpc) is 3.52. The van der Waals surface area contributed by atoms with Gasteiger partial charge in [0.2, 0.25) is 10.0 Å². The highest BCUT2D eigenvalue weighted by atomic mass is 35.5. The minimum absolute atomic E-state index is 0.114. The SMILES string of the molecule is CCOc1ccc(S(=O)(=O)N2CCCCC2)cc1C1=N[C@@H](c2ccc(Cl)cc2)[C@@H](c2ccc(Cl)cc2)N1C(=O)N1CCN(CCCS(C)(=O)=O)CC1. The lowest BCUT2D eigenvalue weighted by Crippen LogP contribution is -2.54. The Bertz CT molecular complexity index is 1980. The number of ether oxygens (including phenoxy) is 1. The molecule has 0 N–H and O–H groups in total. The summed E-state index contributed by atoms with van der Waals surface area (Å²) in [5.41, 5.74) is 2.02. The molecule has 52 heavy (non-hydrogen) atoms. The summed E-state index contributed by atoms with van der Waals surface area (Å²) in [4.78, 5) is 26.0. The van der Waals surface area contributed by atoms with Crippen molar-refractivity contribution in [2.75, 3.05) is 64.4 Å². The van der Waals surface area contributed by atoms with E-state index in [-0.39, 0.29) is 16.7 Å². The maximum Gasteiger partial charge on any atom is 0.326 e. The van der Waals surface area contributed by atoms with Crippen molar-refractivity contribution >= 4 is 54.9 Å². The number of carbonyl (C=O) groups is 1. The Balaban J connectivity index is 1.44. The summed E-state index contributed by atoms with van der Waals surface area (Å²) in [5.74, 6) is 0.835. The number of halogens is 2. The number of benzene rings is 3. The highest BCUT2D eigenvalue weighted by Crippen LogP contribution is 2.46. The number of hydrogen-bond acceptors (Lipinski definition) is 8. The predicted molar refractivity (Wildman–Crippen MR) is 205 cm³/mol. The van der Waals surface area contributed by atoms with Crippen LogP contribution in [0, 0.1) is 0 Å². The van der Waals surface area contributed by atoms with Crippen LogP contribution in [0.4, 0.5) is 4.79 Å². The number of carbonyl (C=O) groups excluding carboxylic acids is 1. The maximum absolute atomic E-state index is 15.0. The zero-order chi connectivity index (χ0) is 37.0. The normalized spacial score (nSPS) is 20.6. The molecular weight excluding hydrogens is 745 g/mol. The van der Waals surface area contributed by atoms with Crippen LogP contribution in [0.15, 0.2) is 76.6 Å². The minimum atomic E-state index is -3.83. The zero-order valence-electron chi connectivity index (χ0n) is 29.5. The number of sulfone groups is 1.